The van der Waals surface area contributed by atoms with Crippen LogP contribution >= 0.6 is 28.1 Å². The summed E-state index contributed by atoms with van der Waals surface area (Å²) in [4.78, 5) is 14.2. The number of hydrogen-bond donors (Lipinski definition) is 1. The molecule has 0 aromatic heterocycles. The lowest BCUT2D eigenvalue weighted by molar-refractivity contribution is 0.0786. The molecule has 2 N–H and O–H groups in total. The number of carbonyl (C=O) groups is 1. The average Bonchev–Trinajstić information content (AvgIpc) is 2.35. The molecule has 18 heavy (non-hydrogen) atoms. The fourth-order valence-corrected chi connectivity index (χ4v) is 2.05. The topological polar surface area (TPSA) is 55.6 Å². The van der Waals surface area contributed by atoms with Gasteiger partial charge in [0.2, 0.25) is 0 Å². The van der Waals surface area contributed by atoms with E-state index in [0.29, 0.717) is 22.8 Å². The smallest absolute Gasteiger partial charge is 0.255 e. The Morgan fingerprint density at radius 2 is 2.22 bits per heavy atom. The molecule has 6 heteroatoms. The molecule has 1 rings (SSSR count). The average molecular weight is 331 g/mol. The van der Waals surface area contributed by atoms with Gasteiger partial charge < -0.3 is 15.4 Å². The Labute approximate surface area is 120 Å². The van der Waals surface area contributed by atoms with E-state index in [1.807, 2.05) is 6.92 Å². The first-order valence-corrected chi connectivity index (χ1v) is 6.60. The maximum Gasteiger partial charge on any atom is 0.255 e. The van der Waals surface area contributed by atoms with Crippen LogP contribution in [0.3, 0.4) is 0 Å². The van der Waals surface area contributed by atoms with Crippen LogP contribution in [0.15, 0.2) is 22.7 Å². The van der Waals surface area contributed by atoms with Gasteiger partial charge in [-0.3, -0.25) is 4.79 Å². The van der Waals surface area contributed by atoms with Gasteiger partial charge in [0.25, 0.3) is 5.91 Å². The number of nitrogens with two attached hydrogens (primary N) is 1. The highest BCUT2D eigenvalue weighted by Gasteiger charge is 2.18. The maximum absolute atomic E-state index is 12.3. The molecule has 1 aromatic carbocycles. The third-order valence-electron chi connectivity index (χ3n) is 2.42. The summed E-state index contributed by atoms with van der Waals surface area (Å²) >= 11 is 8.19. The molecule has 1 amide bonds. The Morgan fingerprint density at radius 3 is 2.72 bits per heavy atom. The minimum absolute atomic E-state index is 0.129. The van der Waals surface area contributed by atoms with Crippen LogP contribution in [0.1, 0.15) is 17.3 Å². The summed E-state index contributed by atoms with van der Waals surface area (Å²) in [5.41, 5.74) is 6.01. The van der Waals surface area contributed by atoms with Crippen molar-refractivity contribution < 1.29 is 9.53 Å². The minimum atomic E-state index is -0.129. The summed E-state index contributed by atoms with van der Waals surface area (Å²) < 4.78 is 5.83. The third-order valence-corrected chi connectivity index (χ3v) is 3.24. The normalized spacial score (nSPS) is 9.94. The highest BCUT2D eigenvalue weighted by molar-refractivity contribution is 9.10. The van der Waals surface area contributed by atoms with E-state index in [4.69, 9.17) is 22.7 Å². The summed E-state index contributed by atoms with van der Waals surface area (Å²) in [7, 11) is 1.56. The largest absolute Gasteiger partial charge is 0.497 e. The number of amides is 1. The SMILES string of the molecule is CCN(CC(N)=S)C(=O)c1cc(OC)ccc1Br. The first-order chi connectivity index (χ1) is 8.49. The number of rotatable bonds is 5. The maximum atomic E-state index is 12.3. The van der Waals surface area contributed by atoms with Crippen LogP contribution in [-0.4, -0.2) is 36.0 Å². The van der Waals surface area contributed by atoms with Crippen LogP contribution in [0.4, 0.5) is 0 Å². The zero-order valence-electron chi connectivity index (χ0n) is 10.3. The third kappa shape index (κ3) is 3.68. The summed E-state index contributed by atoms with van der Waals surface area (Å²) in [6.07, 6.45) is 0. The fraction of sp³-hybridized carbons (Fsp3) is 0.333. The molecule has 4 nitrogen and oxygen atoms in total. The highest BCUT2D eigenvalue weighted by atomic mass is 79.9. The Hall–Kier alpha value is -1.14. The zero-order valence-corrected chi connectivity index (χ0v) is 12.7. The van der Waals surface area contributed by atoms with Gasteiger partial charge in [-0.05, 0) is 41.1 Å². The Kier molecular flexibility index (Phi) is 5.55. The van der Waals surface area contributed by atoms with Crippen molar-refractivity contribution in [2.75, 3.05) is 20.2 Å². The standard InChI is InChI=1S/C12H15BrN2O2S/c1-3-15(7-11(14)18)12(16)9-6-8(17-2)4-5-10(9)13/h4-6H,3,7H2,1-2H3,(H2,14,18). The number of thiocarbonyl (C=S) groups is 1. The van der Waals surface area contributed by atoms with Crippen LogP contribution in [0.2, 0.25) is 0 Å². The lowest BCUT2D eigenvalue weighted by Gasteiger charge is -2.21. The molecule has 0 radical (unpaired) electrons. The molecule has 0 aliphatic heterocycles. The molecule has 0 unspecified atom stereocenters. The zero-order chi connectivity index (χ0) is 13.7. The molecule has 98 valence electrons. The molecule has 0 saturated heterocycles. The number of ether oxygens (including phenoxy) is 1. The van der Waals surface area contributed by atoms with Gasteiger partial charge in [0.05, 0.1) is 24.2 Å². The van der Waals surface area contributed by atoms with E-state index in [1.165, 1.54) is 0 Å². The number of hydrogen-bond acceptors (Lipinski definition) is 3. The van der Waals surface area contributed by atoms with Crippen molar-refractivity contribution >= 4 is 39.0 Å². The molecule has 0 spiro atoms. The first-order valence-electron chi connectivity index (χ1n) is 5.40. The molecule has 1 aromatic rings. The van der Waals surface area contributed by atoms with E-state index < -0.39 is 0 Å². The van der Waals surface area contributed by atoms with Gasteiger partial charge in [0.1, 0.15) is 5.75 Å². The monoisotopic (exact) mass is 330 g/mol. The lowest BCUT2D eigenvalue weighted by atomic mass is 10.2. The summed E-state index contributed by atoms with van der Waals surface area (Å²) in [6.45, 7) is 2.69. The Morgan fingerprint density at radius 1 is 1.56 bits per heavy atom. The quantitative estimate of drug-likeness (QED) is 0.841. The van der Waals surface area contributed by atoms with Gasteiger partial charge in [0, 0.05) is 11.0 Å². The second kappa shape index (κ2) is 6.70. The van der Waals surface area contributed by atoms with E-state index in [9.17, 15) is 4.79 Å². The molecule has 0 aliphatic carbocycles. The summed E-state index contributed by atoms with van der Waals surface area (Å²) in [5, 5.41) is 0. The second-order valence-corrected chi connectivity index (χ2v) is 5.01. The van der Waals surface area contributed by atoms with Crippen LogP contribution in [0.25, 0.3) is 0 Å². The fourth-order valence-electron chi connectivity index (χ4n) is 1.48. The first kappa shape index (κ1) is 14.9. The Balaban J connectivity index is 3.04. The van der Waals surface area contributed by atoms with E-state index in [2.05, 4.69) is 15.9 Å². The van der Waals surface area contributed by atoms with E-state index in [-0.39, 0.29) is 12.5 Å². The molecular weight excluding hydrogens is 316 g/mol. The number of halogens is 1. The van der Waals surface area contributed by atoms with Crippen molar-refractivity contribution in [3.63, 3.8) is 0 Å². The van der Waals surface area contributed by atoms with Gasteiger partial charge in [-0.2, -0.15) is 0 Å². The number of benzene rings is 1. The predicted octanol–water partition coefficient (Wildman–Crippen LogP) is 2.21. The van der Waals surface area contributed by atoms with Crippen molar-refractivity contribution in [1.82, 2.24) is 4.90 Å². The number of nitrogens with zero attached hydrogens (tertiary/aromatic N) is 1. The molecule has 0 atom stereocenters. The van der Waals surface area contributed by atoms with Gasteiger partial charge in [-0.15, -0.1) is 0 Å². The van der Waals surface area contributed by atoms with E-state index >= 15 is 0 Å². The van der Waals surface area contributed by atoms with Crippen molar-refractivity contribution in [2.24, 2.45) is 5.73 Å². The molecule has 0 bridgehead atoms. The van der Waals surface area contributed by atoms with Crippen molar-refractivity contribution in [3.05, 3.63) is 28.2 Å². The van der Waals surface area contributed by atoms with Crippen LogP contribution in [-0.2, 0) is 0 Å². The van der Waals surface area contributed by atoms with Gasteiger partial charge >= 0.3 is 0 Å². The number of likely N-dealkylation sites (N-methyl/N-ethyl adjacent to an activating group) is 1. The number of carbonyl (C=O) groups excluding carboxylic acids is 1. The van der Waals surface area contributed by atoms with Gasteiger partial charge in [0.15, 0.2) is 0 Å². The van der Waals surface area contributed by atoms with Crippen LogP contribution < -0.4 is 10.5 Å². The highest BCUT2D eigenvalue weighted by Crippen LogP contribution is 2.23. The van der Waals surface area contributed by atoms with Crippen molar-refractivity contribution in [3.8, 4) is 5.75 Å². The van der Waals surface area contributed by atoms with Crippen LogP contribution in [0, 0.1) is 0 Å². The summed E-state index contributed by atoms with van der Waals surface area (Å²) in [5.74, 6) is 0.504. The predicted molar refractivity (Wildman–Crippen MR) is 79.1 cm³/mol. The van der Waals surface area contributed by atoms with Gasteiger partial charge in [-0.1, -0.05) is 12.2 Å². The van der Waals surface area contributed by atoms with Gasteiger partial charge in [-0.25, -0.2) is 0 Å². The second-order valence-electron chi connectivity index (χ2n) is 3.63. The van der Waals surface area contributed by atoms with Crippen molar-refractivity contribution in [1.29, 1.82) is 0 Å². The van der Waals surface area contributed by atoms with E-state index in [0.717, 1.165) is 4.47 Å². The molecular formula is C12H15BrN2O2S. The number of methoxy groups -OCH3 is 1. The van der Waals surface area contributed by atoms with Crippen LogP contribution in [0.5, 0.6) is 5.75 Å². The molecule has 0 fully saturated rings. The minimum Gasteiger partial charge on any atom is -0.497 e. The van der Waals surface area contributed by atoms with E-state index in [1.54, 1.807) is 30.2 Å². The molecule has 0 heterocycles. The molecule has 0 saturated carbocycles. The lowest BCUT2D eigenvalue weighted by Crippen LogP contribution is -2.37. The molecule has 0 aliphatic rings. The summed E-state index contributed by atoms with van der Waals surface area (Å²) in [6, 6.07) is 5.25. The van der Waals surface area contributed by atoms with Crippen molar-refractivity contribution in [2.45, 2.75) is 6.92 Å². The Bertz CT molecular complexity index is 465.